The minimum absolute atomic E-state index is 0.0191. The summed E-state index contributed by atoms with van der Waals surface area (Å²) >= 11 is 0. The third-order valence-corrected chi connectivity index (χ3v) is 2.71. The number of nitrogens with zero attached hydrogens (tertiary/aromatic N) is 1. The molecule has 0 aromatic carbocycles. The van der Waals surface area contributed by atoms with Crippen LogP contribution in [0.25, 0.3) is 0 Å². The first-order valence-electron chi connectivity index (χ1n) is 5.86. The van der Waals surface area contributed by atoms with Gasteiger partial charge in [0.15, 0.2) is 0 Å². The molecule has 1 saturated heterocycles. The molecule has 0 aliphatic carbocycles. The molecule has 0 bridgehead atoms. The minimum Gasteiger partial charge on any atom is -0.478 e. The fourth-order valence-corrected chi connectivity index (χ4v) is 1.53. The molecule has 2 rings (SSSR count). The van der Waals surface area contributed by atoms with Gasteiger partial charge in [-0.1, -0.05) is 20.8 Å². The van der Waals surface area contributed by atoms with Gasteiger partial charge in [-0.3, -0.25) is 0 Å². The maximum absolute atomic E-state index is 11.1. The molecule has 0 radical (unpaired) electrons. The van der Waals surface area contributed by atoms with Crippen LogP contribution in [-0.4, -0.2) is 35.4 Å². The second-order valence-electron chi connectivity index (χ2n) is 5.41. The largest absolute Gasteiger partial charge is 0.478 e. The normalized spacial score (nSPS) is 16.2. The van der Waals surface area contributed by atoms with Gasteiger partial charge >= 0.3 is 5.97 Å². The number of pyridine rings is 1. The van der Waals surface area contributed by atoms with E-state index in [4.69, 9.17) is 14.6 Å². The molecule has 1 N–H and O–H groups in total. The summed E-state index contributed by atoms with van der Waals surface area (Å²) in [6, 6.07) is 3.04. The number of carboxylic acid groups (broad SMARTS) is 1. The molecule has 5 heteroatoms. The lowest BCUT2D eigenvalue weighted by Gasteiger charge is -2.27. The molecular weight excluding hydrogens is 234 g/mol. The first-order valence-corrected chi connectivity index (χ1v) is 5.86. The van der Waals surface area contributed by atoms with Crippen molar-refractivity contribution in [2.24, 2.45) is 0 Å². The van der Waals surface area contributed by atoms with Gasteiger partial charge < -0.3 is 14.6 Å². The van der Waals surface area contributed by atoms with E-state index in [9.17, 15) is 4.79 Å². The summed E-state index contributed by atoms with van der Waals surface area (Å²) in [5, 5.41) is 9.10. The molecule has 1 aliphatic rings. The Morgan fingerprint density at radius 3 is 2.56 bits per heavy atom. The summed E-state index contributed by atoms with van der Waals surface area (Å²) in [6.45, 7) is 7.01. The molecule has 98 valence electrons. The lowest BCUT2D eigenvalue weighted by Crippen LogP contribution is -2.39. The molecule has 0 saturated carbocycles. The second kappa shape index (κ2) is 4.57. The number of carboxylic acids is 1. The van der Waals surface area contributed by atoms with Gasteiger partial charge in [0.1, 0.15) is 6.10 Å². The van der Waals surface area contributed by atoms with E-state index < -0.39 is 5.97 Å². The molecule has 1 aromatic heterocycles. The van der Waals surface area contributed by atoms with Crippen molar-refractivity contribution in [3.05, 3.63) is 23.4 Å². The maximum Gasteiger partial charge on any atom is 0.335 e. The molecule has 0 amide bonds. The summed E-state index contributed by atoms with van der Waals surface area (Å²) < 4.78 is 10.6. The van der Waals surface area contributed by atoms with E-state index in [1.165, 1.54) is 6.07 Å². The highest BCUT2D eigenvalue weighted by atomic mass is 16.6. The maximum atomic E-state index is 11.1. The molecule has 1 aromatic rings. The highest BCUT2D eigenvalue weighted by Gasteiger charge is 2.24. The monoisotopic (exact) mass is 251 g/mol. The lowest BCUT2D eigenvalue weighted by atomic mass is 9.91. The zero-order valence-electron chi connectivity index (χ0n) is 10.8. The Labute approximate surface area is 106 Å². The van der Waals surface area contributed by atoms with Gasteiger partial charge in [0.25, 0.3) is 0 Å². The van der Waals surface area contributed by atoms with Gasteiger partial charge in [0.2, 0.25) is 5.88 Å². The predicted molar refractivity (Wildman–Crippen MR) is 65.1 cm³/mol. The zero-order valence-corrected chi connectivity index (χ0v) is 10.8. The summed E-state index contributed by atoms with van der Waals surface area (Å²) in [5.41, 5.74) is 0.683. The number of carbonyl (C=O) groups is 1. The van der Waals surface area contributed by atoms with Crippen molar-refractivity contribution < 1.29 is 19.4 Å². The highest BCUT2D eigenvalue weighted by molar-refractivity contribution is 5.88. The Hall–Kier alpha value is -1.62. The summed E-state index contributed by atoms with van der Waals surface area (Å²) in [7, 11) is 0. The summed E-state index contributed by atoms with van der Waals surface area (Å²) in [6.07, 6.45) is -0.0191. The van der Waals surface area contributed by atoms with Gasteiger partial charge in [-0.05, 0) is 6.07 Å². The average Bonchev–Trinajstić information content (AvgIpc) is 2.22. The van der Waals surface area contributed by atoms with E-state index in [0.29, 0.717) is 24.8 Å². The molecule has 5 nitrogen and oxygen atoms in total. The van der Waals surface area contributed by atoms with E-state index in [1.807, 2.05) is 20.8 Å². The molecule has 18 heavy (non-hydrogen) atoms. The molecule has 0 spiro atoms. The van der Waals surface area contributed by atoms with E-state index in [-0.39, 0.29) is 17.1 Å². The van der Waals surface area contributed by atoms with Crippen LogP contribution in [0, 0.1) is 0 Å². The van der Waals surface area contributed by atoms with Crippen LogP contribution < -0.4 is 4.74 Å². The number of ether oxygens (including phenoxy) is 2. The molecule has 2 heterocycles. The Kier molecular flexibility index (Phi) is 3.26. The number of hydrogen-bond acceptors (Lipinski definition) is 4. The first kappa shape index (κ1) is 12.8. The second-order valence-corrected chi connectivity index (χ2v) is 5.41. The van der Waals surface area contributed by atoms with Crippen LogP contribution >= 0.6 is 0 Å². The van der Waals surface area contributed by atoms with Gasteiger partial charge in [0.05, 0.1) is 24.5 Å². The lowest BCUT2D eigenvalue weighted by molar-refractivity contribution is -0.0814. The van der Waals surface area contributed by atoms with Crippen molar-refractivity contribution in [1.29, 1.82) is 0 Å². The van der Waals surface area contributed by atoms with Crippen molar-refractivity contribution in [3.63, 3.8) is 0 Å². The smallest absolute Gasteiger partial charge is 0.335 e. The molecule has 1 fully saturated rings. The molecule has 1 aliphatic heterocycles. The Bertz CT molecular complexity index is 461. The van der Waals surface area contributed by atoms with Gasteiger partial charge in [-0.25, -0.2) is 9.78 Å². The van der Waals surface area contributed by atoms with Crippen molar-refractivity contribution in [3.8, 4) is 5.88 Å². The minimum atomic E-state index is -0.974. The van der Waals surface area contributed by atoms with E-state index >= 15 is 0 Å². The van der Waals surface area contributed by atoms with Crippen LogP contribution in [0.3, 0.4) is 0 Å². The third-order valence-electron chi connectivity index (χ3n) is 2.71. The number of hydrogen-bond donors (Lipinski definition) is 1. The van der Waals surface area contributed by atoms with Crippen molar-refractivity contribution in [2.45, 2.75) is 32.3 Å². The number of aromatic carboxylic acids is 1. The average molecular weight is 251 g/mol. The fraction of sp³-hybridized carbons (Fsp3) is 0.538. The SMILES string of the molecule is CC(C)(C)c1cc(C(=O)O)cc(OC2COC2)n1. The van der Waals surface area contributed by atoms with Crippen LogP contribution in [-0.2, 0) is 10.2 Å². The predicted octanol–water partition coefficient (Wildman–Crippen LogP) is 1.85. The Balaban J connectivity index is 2.32. The fourth-order valence-electron chi connectivity index (χ4n) is 1.53. The van der Waals surface area contributed by atoms with Crippen molar-refractivity contribution in [2.75, 3.05) is 13.2 Å². The molecular formula is C13H17NO4. The van der Waals surface area contributed by atoms with Gasteiger partial charge in [-0.15, -0.1) is 0 Å². The third kappa shape index (κ3) is 2.79. The van der Waals surface area contributed by atoms with Crippen LogP contribution in [0.4, 0.5) is 0 Å². The van der Waals surface area contributed by atoms with Crippen LogP contribution in [0.2, 0.25) is 0 Å². The van der Waals surface area contributed by atoms with Crippen LogP contribution in [0.15, 0.2) is 12.1 Å². The highest BCUT2D eigenvalue weighted by Crippen LogP contribution is 2.25. The summed E-state index contributed by atoms with van der Waals surface area (Å²) in [5.74, 6) is -0.620. The van der Waals surface area contributed by atoms with E-state index in [2.05, 4.69) is 4.98 Å². The van der Waals surface area contributed by atoms with Crippen molar-refractivity contribution in [1.82, 2.24) is 4.98 Å². The quantitative estimate of drug-likeness (QED) is 0.888. The first-order chi connectivity index (χ1) is 8.36. The molecule has 0 atom stereocenters. The standard InChI is InChI=1S/C13H17NO4/c1-13(2,3)10-4-8(12(15)16)5-11(14-10)18-9-6-17-7-9/h4-5,9H,6-7H2,1-3H3,(H,15,16). The van der Waals surface area contributed by atoms with E-state index in [1.54, 1.807) is 6.07 Å². The topological polar surface area (TPSA) is 68.7 Å². The summed E-state index contributed by atoms with van der Waals surface area (Å²) in [4.78, 5) is 15.5. The number of aromatic nitrogens is 1. The number of rotatable bonds is 3. The molecule has 0 unspecified atom stereocenters. The van der Waals surface area contributed by atoms with Crippen molar-refractivity contribution >= 4 is 5.97 Å². The van der Waals surface area contributed by atoms with Crippen LogP contribution in [0.1, 0.15) is 36.8 Å². The van der Waals surface area contributed by atoms with E-state index in [0.717, 1.165) is 0 Å². The van der Waals surface area contributed by atoms with Gasteiger partial charge in [-0.2, -0.15) is 0 Å². The Morgan fingerprint density at radius 2 is 2.11 bits per heavy atom. The zero-order chi connectivity index (χ0) is 13.3. The Morgan fingerprint density at radius 1 is 1.44 bits per heavy atom. The van der Waals surface area contributed by atoms with Gasteiger partial charge in [0, 0.05) is 11.5 Å². The van der Waals surface area contributed by atoms with Crippen LogP contribution in [0.5, 0.6) is 5.88 Å².